The minimum absolute atomic E-state index is 0.0240. The Morgan fingerprint density at radius 3 is 2.67 bits per heavy atom. The van der Waals surface area contributed by atoms with E-state index in [0.717, 1.165) is 16.7 Å². The Bertz CT molecular complexity index is 1070. The number of para-hydroxylation sites is 1. The maximum atomic E-state index is 12.4. The largest absolute Gasteiger partial charge is 0.497 e. The molecule has 0 saturated heterocycles. The van der Waals surface area contributed by atoms with Crippen molar-refractivity contribution in [2.24, 2.45) is 7.05 Å². The molecule has 27 heavy (non-hydrogen) atoms. The molecular weight excluding hydrogens is 362 g/mol. The first-order chi connectivity index (χ1) is 13.2. The summed E-state index contributed by atoms with van der Waals surface area (Å²) < 4.78 is 12.8. The molecule has 2 aromatic carbocycles. The molecule has 4 aromatic rings. The predicted molar refractivity (Wildman–Crippen MR) is 104 cm³/mol. The zero-order chi connectivity index (χ0) is 18.8. The molecule has 136 valence electrons. The Morgan fingerprint density at radius 2 is 1.93 bits per heavy atom. The summed E-state index contributed by atoms with van der Waals surface area (Å²) in [6.45, 7) is 0. The second kappa shape index (κ2) is 7.28. The molecule has 0 aliphatic heterocycles. The number of carbonyl (C=O) groups is 1. The third kappa shape index (κ3) is 3.46. The van der Waals surface area contributed by atoms with Gasteiger partial charge in [0.05, 0.1) is 12.9 Å². The minimum Gasteiger partial charge on any atom is -0.497 e. The Hall–Kier alpha value is -3.06. The number of hydrogen-bond acceptors (Lipinski definition) is 6. The number of Topliss-reactive ketones (excluding diaryl/α,β-unsaturated/α-hetero) is 1. The second-order valence-electron chi connectivity index (χ2n) is 5.95. The average Bonchev–Trinajstić information content (AvgIpc) is 3.29. The van der Waals surface area contributed by atoms with Crippen LogP contribution in [0.15, 0.2) is 64.2 Å². The van der Waals surface area contributed by atoms with E-state index in [4.69, 9.17) is 9.15 Å². The van der Waals surface area contributed by atoms with Crippen molar-refractivity contribution in [1.82, 2.24) is 14.8 Å². The second-order valence-corrected chi connectivity index (χ2v) is 6.90. The molecule has 0 fully saturated rings. The highest BCUT2D eigenvalue weighted by molar-refractivity contribution is 7.99. The van der Waals surface area contributed by atoms with Gasteiger partial charge in [-0.1, -0.05) is 30.0 Å². The first-order valence-corrected chi connectivity index (χ1v) is 9.32. The molecule has 0 N–H and O–H groups in total. The van der Waals surface area contributed by atoms with Crippen LogP contribution in [0.1, 0.15) is 10.4 Å². The Morgan fingerprint density at radius 1 is 1.15 bits per heavy atom. The van der Waals surface area contributed by atoms with Crippen molar-refractivity contribution in [3.63, 3.8) is 0 Å². The summed E-state index contributed by atoms with van der Waals surface area (Å²) in [6, 6.07) is 16.8. The van der Waals surface area contributed by atoms with E-state index in [0.29, 0.717) is 22.3 Å². The number of ketones is 1. The van der Waals surface area contributed by atoms with E-state index < -0.39 is 0 Å². The third-order valence-corrected chi connectivity index (χ3v) is 5.25. The number of ether oxygens (including phenoxy) is 1. The van der Waals surface area contributed by atoms with Gasteiger partial charge in [0.2, 0.25) is 0 Å². The lowest BCUT2D eigenvalue weighted by Gasteiger charge is -2.03. The summed E-state index contributed by atoms with van der Waals surface area (Å²) in [5.74, 6) is 2.31. The fourth-order valence-electron chi connectivity index (χ4n) is 2.74. The number of methoxy groups -OCH3 is 1. The number of benzene rings is 2. The van der Waals surface area contributed by atoms with Gasteiger partial charge in [-0.3, -0.25) is 4.79 Å². The lowest BCUT2D eigenvalue weighted by atomic mass is 10.1. The standard InChI is InChI=1S/C20H17N3O3S/c1-23-19(18-11-14-5-3-4-6-17(14)26-18)21-22-20(23)27-12-16(24)13-7-9-15(25-2)10-8-13/h3-11H,12H2,1-2H3. The maximum Gasteiger partial charge on any atom is 0.200 e. The van der Waals surface area contributed by atoms with E-state index in [1.807, 2.05) is 41.9 Å². The molecule has 0 radical (unpaired) electrons. The van der Waals surface area contributed by atoms with Crippen molar-refractivity contribution in [3.8, 4) is 17.3 Å². The average molecular weight is 379 g/mol. The molecule has 0 amide bonds. The highest BCUT2D eigenvalue weighted by atomic mass is 32.2. The van der Waals surface area contributed by atoms with E-state index in [2.05, 4.69) is 10.2 Å². The van der Waals surface area contributed by atoms with Crippen molar-refractivity contribution in [2.75, 3.05) is 12.9 Å². The lowest BCUT2D eigenvalue weighted by molar-refractivity contribution is 0.102. The van der Waals surface area contributed by atoms with Crippen LogP contribution in [0, 0.1) is 0 Å². The molecule has 6 nitrogen and oxygen atoms in total. The molecule has 2 aromatic heterocycles. The van der Waals surface area contributed by atoms with Gasteiger partial charge in [-0.15, -0.1) is 10.2 Å². The van der Waals surface area contributed by atoms with Crippen LogP contribution in [-0.4, -0.2) is 33.4 Å². The zero-order valence-corrected chi connectivity index (χ0v) is 15.7. The van der Waals surface area contributed by atoms with Crippen LogP contribution in [0.3, 0.4) is 0 Å². The monoisotopic (exact) mass is 379 g/mol. The minimum atomic E-state index is 0.0240. The first-order valence-electron chi connectivity index (χ1n) is 8.34. The summed E-state index contributed by atoms with van der Waals surface area (Å²) in [5.41, 5.74) is 1.45. The van der Waals surface area contributed by atoms with Gasteiger partial charge in [0.15, 0.2) is 22.5 Å². The summed E-state index contributed by atoms with van der Waals surface area (Å²) in [7, 11) is 3.46. The Kier molecular flexibility index (Phi) is 4.68. The highest BCUT2D eigenvalue weighted by Crippen LogP contribution is 2.28. The normalized spacial score (nSPS) is 11.0. The van der Waals surface area contributed by atoms with Gasteiger partial charge in [-0.05, 0) is 36.4 Å². The van der Waals surface area contributed by atoms with E-state index in [1.165, 1.54) is 11.8 Å². The van der Waals surface area contributed by atoms with Crippen LogP contribution in [-0.2, 0) is 7.05 Å². The SMILES string of the molecule is COc1ccc(C(=O)CSc2nnc(-c3cc4ccccc4o3)n2C)cc1. The number of carbonyl (C=O) groups excluding carboxylic acids is 1. The van der Waals surface area contributed by atoms with Crippen LogP contribution >= 0.6 is 11.8 Å². The number of nitrogens with zero attached hydrogens (tertiary/aromatic N) is 3. The third-order valence-electron chi connectivity index (χ3n) is 4.23. The van der Waals surface area contributed by atoms with Gasteiger partial charge in [0.25, 0.3) is 0 Å². The molecular formula is C20H17N3O3S. The van der Waals surface area contributed by atoms with Gasteiger partial charge in [0, 0.05) is 18.0 Å². The van der Waals surface area contributed by atoms with Gasteiger partial charge in [-0.2, -0.15) is 0 Å². The Labute approximate surface area is 160 Å². The summed E-state index contributed by atoms with van der Waals surface area (Å²) in [4.78, 5) is 12.4. The van der Waals surface area contributed by atoms with E-state index >= 15 is 0 Å². The smallest absolute Gasteiger partial charge is 0.200 e. The fourth-order valence-corrected chi connectivity index (χ4v) is 3.54. The van der Waals surface area contributed by atoms with E-state index in [1.54, 1.807) is 31.4 Å². The Balaban J connectivity index is 1.49. The van der Waals surface area contributed by atoms with Crippen molar-refractivity contribution in [3.05, 3.63) is 60.2 Å². The zero-order valence-electron chi connectivity index (χ0n) is 14.9. The van der Waals surface area contributed by atoms with Crippen molar-refractivity contribution < 1.29 is 13.9 Å². The van der Waals surface area contributed by atoms with E-state index in [9.17, 15) is 4.79 Å². The molecule has 0 spiro atoms. The van der Waals surface area contributed by atoms with Gasteiger partial charge in [0.1, 0.15) is 11.3 Å². The molecule has 0 atom stereocenters. The number of thioether (sulfide) groups is 1. The highest BCUT2D eigenvalue weighted by Gasteiger charge is 2.16. The molecule has 0 aliphatic carbocycles. The molecule has 0 unspecified atom stereocenters. The molecule has 0 saturated carbocycles. The first kappa shape index (κ1) is 17.4. The van der Waals surface area contributed by atoms with Crippen LogP contribution in [0.4, 0.5) is 0 Å². The number of hydrogen-bond donors (Lipinski definition) is 0. The topological polar surface area (TPSA) is 70.2 Å². The van der Waals surface area contributed by atoms with Crippen LogP contribution in [0.25, 0.3) is 22.6 Å². The number of fused-ring (bicyclic) bond motifs is 1. The van der Waals surface area contributed by atoms with Crippen LogP contribution in [0.5, 0.6) is 5.75 Å². The molecule has 0 aliphatic rings. The van der Waals surface area contributed by atoms with Gasteiger partial charge in [-0.25, -0.2) is 0 Å². The maximum absolute atomic E-state index is 12.4. The number of rotatable bonds is 6. The van der Waals surface area contributed by atoms with Crippen LogP contribution in [0.2, 0.25) is 0 Å². The lowest BCUT2D eigenvalue weighted by Crippen LogP contribution is -2.04. The molecule has 4 rings (SSSR count). The van der Waals surface area contributed by atoms with Crippen molar-refractivity contribution in [2.45, 2.75) is 5.16 Å². The van der Waals surface area contributed by atoms with E-state index in [-0.39, 0.29) is 11.5 Å². The predicted octanol–water partition coefficient (Wildman–Crippen LogP) is 4.21. The van der Waals surface area contributed by atoms with Crippen molar-refractivity contribution >= 4 is 28.5 Å². The summed E-state index contributed by atoms with van der Waals surface area (Å²) in [5, 5.41) is 10.1. The summed E-state index contributed by atoms with van der Waals surface area (Å²) in [6.07, 6.45) is 0. The molecule has 0 bridgehead atoms. The molecule has 2 heterocycles. The number of aromatic nitrogens is 3. The fraction of sp³-hybridized carbons (Fsp3) is 0.150. The van der Waals surface area contributed by atoms with Gasteiger partial charge >= 0.3 is 0 Å². The van der Waals surface area contributed by atoms with Gasteiger partial charge < -0.3 is 13.7 Å². The summed E-state index contributed by atoms with van der Waals surface area (Å²) >= 11 is 1.35. The molecule has 7 heteroatoms. The quantitative estimate of drug-likeness (QED) is 0.369. The van der Waals surface area contributed by atoms with Crippen LogP contribution < -0.4 is 4.74 Å². The number of furan rings is 1. The van der Waals surface area contributed by atoms with Crippen molar-refractivity contribution in [1.29, 1.82) is 0 Å².